The maximum absolute atomic E-state index is 11.4. The van der Waals surface area contributed by atoms with Crippen LogP contribution in [0.1, 0.15) is 54.7 Å². The van der Waals surface area contributed by atoms with E-state index in [9.17, 15) is 13.6 Å². The Hall–Kier alpha value is -1.20. The number of carbonyl (C=O) groups excluding carboxylic acids is 1. The van der Waals surface area contributed by atoms with Gasteiger partial charge in [-0.3, -0.25) is 9.00 Å². The smallest absolute Gasteiger partial charge is 0.305 e. The topological polar surface area (TPSA) is 66.4 Å². The second-order valence-corrected chi connectivity index (χ2v) is 6.39. The lowest BCUT2D eigenvalue weighted by molar-refractivity contribution is -0.140. The molecule has 0 saturated heterocycles. The Bertz CT molecular complexity index is 521. The second kappa shape index (κ2) is 7.71. The van der Waals surface area contributed by atoms with E-state index in [0.717, 1.165) is 29.5 Å². The number of hydrogen-bond acceptors (Lipinski definition) is 4. The molecule has 116 valence electrons. The van der Waals surface area contributed by atoms with Crippen LogP contribution in [0.5, 0.6) is 0 Å². The lowest BCUT2D eigenvalue weighted by Gasteiger charge is -2.20. The molecule has 2 rings (SSSR count). The number of esters is 1. The Morgan fingerprint density at radius 1 is 1.33 bits per heavy atom. The summed E-state index contributed by atoms with van der Waals surface area (Å²) in [4.78, 5) is 11.4. The summed E-state index contributed by atoms with van der Waals surface area (Å²) in [6, 6.07) is 5.78. The van der Waals surface area contributed by atoms with Gasteiger partial charge in [-0.1, -0.05) is 42.1 Å². The average Bonchev–Trinajstić information content (AvgIpc) is 2.98. The number of carbonyl (C=O) groups is 1. The van der Waals surface area contributed by atoms with Crippen molar-refractivity contribution in [2.24, 2.45) is 0 Å². The van der Waals surface area contributed by atoms with Gasteiger partial charge in [-0.05, 0) is 41.9 Å². The van der Waals surface area contributed by atoms with Gasteiger partial charge in [-0.2, -0.15) is 0 Å². The van der Waals surface area contributed by atoms with Crippen molar-refractivity contribution in [2.45, 2.75) is 50.2 Å². The molecule has 0 amide bonds. The van der Waals surface area contributed by atoms with Gasteiger partial charge in [0.15, 0.2) is 0 Å². The highest BCUT2D eigenvalue weighted by Crippen LogP contribution is 2.38. The van der Waals surface area contributed by atoms with Crippen molar-refractivity contribution in [3.8, 4) is 0 Å². The van der Waals surface area contributed by atoms with Gasteiger partial charge in [-0.15, -0.1) is 0 Å². The average molecular weight is 309 g/mol. The number of hydrogen-bond donors (Lipinski definition) is 0. The summed E-state index contributed by atoms with van der Waals surface area (Å²) in [7, 11) is 1.39. The zero-order valence-electron chi connectivity index (χ0n) is 12.3. The van der Waals surface area contributed by atoms with E-state index in [1.807, 2.05) is 18.2 Å². The van der Waals surface area contributed by atoms with Crippen LogP contribution in [0.25, 0.3) is 0 Å². The third-order valence-corrected chi connectivity index (χ3v) is 4.70. The van der Waals surface area contributed by atoms with Gasteiger partial charge in [0.2, 0.25) is 0 Å². The quantitative estimate of drug-likeness (QED) is 0.598. The van der Waals surface area contributed by atoms with Gasteiger partial charge >= 0.3 is 5.97 Å². The molecular weight excluding hydrogens is 288 g/mol. The number of ether oxygens (including phenoxy) is 1. The molecule has 1 fully saturated rings. The fourth-order valence-electron chi connectivity index (χ4n) is 3.21. The van der Waals surface area contributed by atoms with Crippen molar-refractivity contribution >= 4 is 17.0 Å². The van der Waals surface area contributed by atoms with Crippen molar-refractivity contribution in [1.82, 2.24) is 0 Å². The Balaban J connectivity index is 2.28. The van der Waals surface area contributed by atoms with Crippen LogP contribution in [0.15, 0.2) is 18.2 Å². The molecule has 0 bridgehead atoms. The highest BCUT2D eigenvalue weighted by Gasteiger charge is 2.22. The zero-order chi connectivity index (χ0) is 15.2. The fourth-order valence-corrected chi connectivity index (χ4v) is 3.72. The van der Waals surface area contributed by atoms with Crippen LogP contribution in [-0.2, 0) is 32.8 Å². The van der Waals surface area contributed by atoms with Gasteiger partial charge < -0.3 is 9.29 Å². The molecule has 0 aliphatic heterocycles. The SMILES string of the molecule is COC(=O)CCc1cccc(CS(=O)[O-])c1C1CCCC1. The molecule has 21 heavy (non-hydrogen) atoms. The van der Waals surface area contributed by atoms with Gasteiger partial charge in [0.25, 0.3) is 0 Å². The summed E-state index contributed by atoms with van der Waals surface area (Å²) in [5.74, 6) is 0.250. The Kier molecular flexibility index (Phi) is 5.94. The van der Waals surface area contributed by atoms with E-state index in [2.05, 4.69) is 0 Å². The highest BCUT2D eigenvalue weighted by atomic mass is 32.2. The van der Waals surface area contributed by atoms with E-state index in [0.29, 0.717) is 18.8 Å². The number of benzene rings is 1. The lowest BCUT2D eigenvalue weighted by atomic mass is 9.87. The Labute approximate surface area is 128 Å². The van der Waals surface area contributed by atoms with Crippen LogP contribution in [0.3, 0.4) is 0 Å². The van der Waals surface area contributed by atoms with Crippen molar-refractivity contribution in [2.75, 3.05) is 7.11 Å². The van der Waals surface area contributed by atoms with Crippen molar-refractivity contribution in [3.05, 3.63) is 34.9 Å². The molecule has 1 aliphatic rings. The standard InChI is InChI=1S/C16H22O4S/c1-20-15(17)10-9-13-7-4-8-14(11-21(18)19)16(13)12-5-2-3-6-12/h4,7-8,12H,2-3,5-6,9-11H2,1H3,(H,18,19)/p-1. The summed E-state index contributed by atoms with van der Waals surface area (Å²) in [5, 5.41) is 0. The zero-order valence-corrected chi connectivity index (χ0v) is 13.1. The minimum atomic E-state index is -2.09. The summed E-state index contributed by atoms with van der Waals surface area (Å²) in [5.41, 5.74) is 3.14. The predicted molar refractivity (Wildman–Crippen MR) is 80.6 cm³/mol. The van der Waals surface area contributed by atoms with Crippen molar-refractivity contribution < 1.29 is 18.3 Å². The minimum absolute atomic E-state index is 0.0535. The third-order valence-electron chi connectivity index (χ3n) is 4.15. The van der Waals surface area contributed by atoms with Gasteiger partial charge in [0.1, 0.15) is 0 Å². The largest absolute Gasteiger partial charge is 0.772 e. The summed E-state index contributed by atoms with van der Waals surface area (Å²) >= 11 is -2.09. The first-order valence-electron chi connectivity index (χ1n) is 7.35. The van der Waals surface area contributed by atoms with E-state index >= 15 is 0 Å². The molecule has 1 aromatic rings. The highest BCUT2D eigenvalue weighted by molar-refractivity contribution is 7.78. The molecule has 0 heterocycles. The molecule has 0 N–H and O–H groups in total. The monoisotopic (exact) mass is 309 g/mol. The molecule has 0 aromatic heterocycles. The lowest BCUT2D eigenvalue weighted by Crippen LogP contribution is -2.09. The minimum Gasteiger partial charge on any atom is -0.772 e. The number of methoxy groups -OCH3 is 1. The van der Waals surface area contributed by atoms with Crippen LogP contribution in [-0.4, -0.2) is 21.8 Å². The van der Waals surface area contributed by atoms with Crippen LogP contribution in [0.2, 0.25) is 0 Å². The number of aryl methyl sites for hydroxylation is 1. The maximum atomic E-state index is 11.4. The molecule has 0 spiro atoms. The molecule has 0 radical (unpaired) electrons. The number of rotatable bonds is 6. The predicted octanol–water partition coefficient (Wildman–Crippen LogP) is 2.83. The van der Waals surface area contributed by atoms with Crippen molar-refractivity contribution in [1.29, 1.82) is 0 Å². The van der Waals surface area contributed by atoms with Crippen LogP contribution < -0.4 is 0 Å². The molecule has 1 aliphatic carbocycles. The first kappa shape index (κ1) is 16.2. The normalized spacial score (nSPS) is 16.9. The molecule has 4 nitrogen and oxygen atoms in total. The molecule has 1 unspecified atom stereocenters. The van der Waals surface area contributed by atoms with E-state index in [1.165, 1.54) is 20.0 Å². The Morgan fingerprint density at radius 2 is 2.00 bits per heavy atom. The van der Waals surface area contributed by atoms with E-state index < -0.39 is 11.1 Å². The first-order chi connectivity index (χ1) is 10.1. The summed E-state index contributed by atoms with van der Waals surface area (Å²) < 4.78 is 26.9. The maximum Gasteiger partial charge on any atom is 0.305 e. The summed E-state index contributed by atoms with van der Waals surface area (Å²) in [6.45, 7) is 0. The molecule has 5 heteroatoms. The van der Waals surface area contributed by atoms with E-state index in [1.54, 1.807) is 0 Å². The molecule has 1 atom stereocenters. The van der Waals surface area contributed by atoms with Crippen molar-refractivity contribution in [3.63, 3.8) is 0 Å². The molecule has 1 saturated carbocycles. The summed E-state index contributed by atoms with van der Waals surface area (Å²) in [6.07, 6.45) is 5.53. The van der Waals surface area contributed by atoms with Crippen LogP contribution in [0, 0.1) is 0 Å². The molecular formula is C16H21O4S-. The second-order valence-electron chi connectivity index (χ2n) is 5.50. The first-order valence-corrected chi connectivity index (χ1v) is 8.59. The molecule has 1 aromatic carbocycles. The third kappa shape index (κ3) is 4.38. The van der Waals surface area contributed by atoms with Crippen LogP contribution >= 0.6 is 0 Å². The van der Waals surface area contributed by atoms with E-state index in [4.69, 9.17) is 4.74 Å². The Morgan fingerprint density at radius 3 is 2.62 bits per heavy atom. The van der Waals surface area contributed by atoms with Gasteiger partial charge in [0.05, 0.1) is 7.11 Å². The van der Waals surface area contributed by atoms with E-state index in [-0.39, 0.29) is 11.7 Å². The van der Waals surface area contributed by atoms with Gasteiger partial charge in [-0.25, -0.2) is 0 Å². The van der Waals surface area contributed by atoms with Crippen LogP contribution in [0.4, 0.5) is 0 Å². The fraction of sp³-hybridized carbons (Fsp3) is 0.562. The van der Waals surface area contributed by atoms with Gasteiger partial charge in [0, 0.05) is 12.2 Å².